The standard InChI is InChI=1S/C13H10N2O2.CH4O3S/c1-14-8-11(9-4-2-3-5-10(9)14)15-12(16)6-7-13(15)17;1-5(2,3)4/h2-8H,1H3;1H3,(H,2,3,4). The number of para-hydroxylation sites is 1. The lowest BCUT2D eigenvalue weighted by atomic mass is 10.2. The number of rotatable bonds is 1. The number of nitrogens with zero attached hydrogens (tertiary/aromatic N) is 2. The summed E-state index contributed by atoms with van der Waals surface area (Å²) in [6.07, 6.45) is 5.11. The van der Waals surface area contributed by atoms with Crippen LogP contribution in [0, 0.1) is 0 Å². The van der Waals surface area contributed by atoms with Gasteiger partial charge in [0.1, 0.15) is 0 Å². The second-order valence-corrected chi connectivity index (χ2v) is 6.19. The van der Waals surface area contributed by atoms with Crippen LogP contribution in [0.4, 0.5) is 5.69 Å². The number of imide groups is 1. The van der Waals surface area contributed by atoms with Crippen molar-refractivity contribution in [2.24, 2.45) is 7.05 Å². The fraction of sp³-hybridized carbons (Fsp3) is 0.143. The Labute approximate surface area is 127 Å². The van der Waals surface area contributed by atoms with Crippen LogP contribution in [0.25, 0.3) is 10.9 Å². The number of benzene rings is 1. The first-order valence-corrected chi connectivity index (χ1v) is 8.06. The van der Waals surface area contributed by atoms with Gasteiger partial charge in [-0.25, -0.2) is 4.90 Å². The molecule has 2 heterocycles. The van der Waals surface area contributed by atoms with Gasteiger partial charge in [-0.05, 0) is 6.07 Å². The van der Waals surface area contributed by atoms with Gasteiger partial charge in [0, 0.05) is 36.3 Å². The summed E-state index contributed by atoms with van der Waals surface area (Å²) in [5.41, 5.74) is 1.64. The van der Waals surface area contributed by atoms with Gasteiger partial charge >= 0.3 is 0 Å². The van der Waals surface area contributed by atoms with Crippen LogP contribution in [0.15, 0.2) is 42.6 Å². The zero-order valence-corrected chi connectivity index (χ0v) is 12.7. The average molecular weight is 322 g/mol. The van der Waals surface area contributed by atoms with Crippen molar-refractivity contribution in [1.29, 1.82) is 0 Å². The van der Waals surface area contributed by atoms with Crippen molar-refractivity contribution < 1.29 is 22.6 Å². The summed E-state index contributed by atoms with van der Waals surface area (Å²) in [6, 6.07) is 7.68. The maximum Gasteiger partial charge on any atom is 0.261 e. The molecule has 2 aromatic rings. The van der Waals surface area contributed by atoms with E-state index in [9.17, 15) is 18.0 Å². The lowest BCUT2D eigenvalue weighted by molar-refractivity contribution is -0.119. The molecule has 0 bridgehead atoms. The smallest absolute Gasteiger partial charge is 0.261 e. The molecular formula is C14H14N2O5S. The molecule has 1 aliphatic heterocycles. The molecule has 1 aliphatic rings. The summed E-state index contributed by atoms with van der Waals surface area (Å²) in [6.45, 7) is 0. The molecule has 7 nitrogen and oxygen atoms in total. The molecule has 0 radical (unpaired) electrons. The molecule has 2 amide bonds. The molecule has 8 heteroatoms. The normalized spacial score (nSPS) is 14.4. The minimum Gasteiger partial charge on any atom is -0.348 e. The van der Waals surface area contributed by atoms with Crippen LogP contribution in [0.3, 0.4) is 0 Å². The summed E-state index contributed by atoms with van der Waals surface area (Å²) < 4.78 is 27.8. The summed E-state index contributed by atoms with van der Waals surface area (Å²) in [7, 11) is -1.77. The van der Waals surface area contributed by atoms with Crippen LogP contribution >= 0.6 is 0 Å². The molecule has 0 saturated heterocycles. The van der Waals surface area contributed by atoms with Gasteiger partial charge in [-0.1, -0.05) is 18.2 Å². The second kappa shape index (κ2) is 5.74. The highest BCUT2D eigenvalue weighted by atomic mass is 32.2. The Morgan fingerprint density at radius 1 is 1.05 bits per heavy atom. The molecule has 0 saturated carbocycles. The van der Waals surface area contributed by atoms with Gasteiger partial charge < -0.3 is 4.57 Å². The van der Waals surface area contributed by atoms with Crippen molar-refractivity contribution in [3.63, 3.8) is 0 Å². The highest BCUT2D eigenvalue weighted by molar-refractivity contribution is 7.85. The molecule has 116 valence electrons. The van der Waals surface area contributed by atoms with Crippen LogP contribution in [0.1, 0.15) is 0 Å². The van der Waals surface area contributed by atoms with Crippen LogP contribution in [-0.4, -0.2) is 35.6 Å². The predicted octanol–water partition coefficient (Wildman–Crippen LogP) is 1.11. The van der Waals surface area contributed by atoms with Crippen molar-refractivity contribution >= 4 is 38.5 Å². The Morgan fingerprint density at radius 3 is 2.09 bits per heavy atom. The Morgan fingerprint density at radius 2 is 1.55 bits per heavy atom. The second-order valence-electron chi connectivity index (χ2n) is 4.72. The minimum absolute atomic E-state index is 0.286. The van der Waals surface area contributed by atoms with E-state index in [1.165, 1.54) is 17.1 Å². The SMILES string of the molecule is CS(=O)(=O)O.Cn1cc(N2C(=O)C=CC2=O)c2ccccc21. The van der Waals surface area contributed by atoms with E-state index < -0.39 is 10.1 Å². The lowest BCUT2D eigenvalue weighted by Crippen LogP contribution is -2.29. The van der Waals surface area contributed by atoms with Gasteiger partial charge in [-0.15, -0.1) is 0 Å². The van der Waals surface area contributed by atoms with Crippen molar-refractivity contribution in [2.75, 3.05) is 11.2 Å². The number of hydrogen-bond acceptors (Lipinski definition) is 4. The maximum atomic E-state index is 11.6. The average Bonchev–Trinajstić information content (AvgIpc) is 2.89. The van der Waals surface area contributed by atoms with Crippen LogP contribution in [0.2, 0.25) is 0 Å². The van der Waals surface area contributed by atoms with Gasteiger partial charge in [0.15, 0.2) is 0 Å². The molecule has 0 spiro atoms. The predicted molar refractivity (Wildman–Crippen MR) is 82.0 cm³/mol. The number of anilines is 1. The number of carbonyl (C=O) groups excluding carboxylic acids is 2. The fourth-order valence-corrected chi connectivity index (χ4v) is 2.14. The van der Waals surface area contributed by atoms with E-state index in [1.54, 1.807) is 6.20 Å². The lowest BCUT2D eigenvalue weighted by Gasteiger charge is -2.11. The summed E-state index contributed by atoms with van der Waals surface area (Å²) >= 11 is 0. The van der Waals surface area contributed by atoms with E-state index in [2.05, 4.69) is 0 Å². The third-order valence-electron chi connectivity index (χ3n) is 2.93. The van der Waals surface area contributed by atoms with E-state index in [0.717, 1.165) is 10.9 Å². The van der Waals surface area contributed by atoms with Gasteiger partial charge in [-0.3, -0.25) is 14.1 Å². The Balaban J connectivity index is 0.000000309. The van der Waals surface area contributed by atoms with Gasteiger partial charge in [0.05, 0.1) is 11.9 Å². The molecule has 22 heavy (non-hydrogen) atoms. The fourth-order valence-electron chi connectivity index (χ4n) is 2.14. The van der Waals surface area contributed by atoms with Crippen LogP contribution in [-0.2, 0) is 26.8 Å². The molecule has 1 N–H and O–H groups in total. The monoisotopic (exact) mass is 322 g/mol. The molecule has 0 aliphatic carbocycles. The first kappa shape index (κ1) is 15.9. The highest BCUT2D eigenvalue weighted by Crippen LogP contribution is 2.30. The zero-order chi connectivity index (χ0) is 16.5. The van der Waals surface area contributed by atoms with Crippen molar-refractivity contribution in [2.45, 2.75) is 0 Å². The molecule has 1 aromatic carbocycles. The van der Waals surface area contributed by atoms with Crippen molar-refractivity contribution in [3.8, 4) is 0 Å². The number of fused-ring (bicyclic) bond motifs is 1. The Bertz CT molecular complexity index is 854. The van der Waals surface area contributed by atoms with Gasteiger partial charge in [0.2, 0.25) is 0 Å². The first-order valence-electron chi connectivity index (χ1n) is 6.21. The van der Waals surface area contributed by atoms with E-state index in [-0.39, 0.29) is 11.8 Å². The molecule has 1 aromatic heterocycles. The minimum atomic E-state index is -3.67. The molecule has 0 unspecified atom stereocenters. The summed E-state index contributed by atoms with van der Waals surface area (Å²) in [4.78, 5) is 24.5. The van der Waals surface area contributed by atoms with Crippen LogP contribution < -0.4 is 4.90 Å². The molecular weight excluding hydrogens is 308 g/mol. The topological polar surface area (TPSA) is 96.7 Å². The Hall–Kier alpha value is -2.45. The summed E-state index contributed by atoms with van der Waals surface area (Å²) in [5, 5.41) is 0.903. The third-order valence-corrected chi connectivity index (χ3v) is 2.93. The number of aromatic nitrogens is 1. The molecule has 0 fully saturated rings. The van der Waals surface area contributed by atoms with Gasteiger partial charge in [0.25, 0.3) is 21.9 Å². The van der Waals surface area contributed by atoms with Crippen molar-refractivity contribution in [1.82, 2.24) is 4.57 Å². The molecule has 0 atom stereocenters. The number of amides is 2. The van der Waals surface area contributed by atoms with Gasteiger partial charge in [-0.2, -0.15) is 8.42 Å². The number of carbonyl (C=O) groups is 2. The third kappa shape index (κ3) is 3.41. The highest BCUT2D eigenvalue weighted by Gasteiger charge is 2.27. The maximum absolute atomic E-state index is 11.6. The Kier molecular flexibility index (Phi) is 4.16. The molecule has 3 rings (SSSR count). The zero-order valence-electron chi connectivity index (χ0n) is 11.9. The van der Waals surface area contributed by atoms with E-state index in [4.69, 9.17) is 4.55 Å². The largest absolute Gasteiger partial charge is 0.348 e. The van der Waals surface area contributed by atoms with E-state index in [1.807, 2.05) is 35.9 Å². The van der Waals surface area contributed by atoms with E-state index in [0.29, 0.717) is 11.9 Å². The van der Waals surface area contributed by atoms with Crippen LogP contribution in [0.5, 0.6) is 0 Å². The van der Waals surface area contributed by atoms with Crippen molar-refractivity contribution in [3.05, 3.63) is 42.6 Å². The summed E-state index contributed by atoms with van der Waals surface area (Å²) in [5.74, 6) is -0.572. The number of aryl methyl sites for hydroxylation is 1. The quantitative estimate of drug-likeness (QED) is 0.626. The number of hydrogen-bond donors (Lipinski definition) is 1. The first-order chi connectivity index (χ1) is 10.2. The van der Waals surface area contributed by atoms with E-state index >= 15 is 0 Å².